The van der Waals surface area contributed by atoms with Crippen LogP contribution in [0.3, 0.4) is 0 Å². The van der Waals surface area contributed by atoms with E-state index in [4.69, 9.17) is 0 Å². The Balaban J connectivity index is 1.18. The predicted octanol–water partition coefficient (Wildman–Crippen LogP) is 13.9. The Hall–Kier alpha value is -6.64. The Kier molecular flexibility index (Phi) is 7.19. The number of aromatic nitrogens is 1. The first-order chi connectivity index (χ1) is 26.1. The molecule has 0 N–H and O–H groups in total. The van der Waals surface area contributed by atoms with Crippen molar-refractivity contribution in [2.24, 2.45) is 0 Å². The van der Waals surface area contributed by atoms with Crippen molar-refractivity contribution in [3.05, 3.63) is 205 Å². The van der Waals surface area contributed by atoms with Crippen molar-refractivity contribution in [2.45, 2.75) is 19.3 Å². The monoisotopic (exact) mass is 678 g/mol. The van der Waals surface area contributed by atoms with Crippen molar-refractivity contribution in [3.8, 4) is 39.1 Å². The number of hydrogen-bond donors (Lipinski definition) is 0. The molecule has 0 saturated carbocycles. The zero-order valence-electron chi connectivity index (χ0n) is 29.9. The fourth-order valence-corrected chi connectivity index (χ4v) is 8.81. The van der Waals surface area contributed by atoms with Crippen molar-refractivity contribution >= 4 is 38.9 Å². The van der Waals surface area contributed by atoms with Gasteiger partial charge >= 0.3 is 0 Å². The van der Waals surface area contributed by atoms with Gasteiger partial charge in [-0.05, 0) is 93.5 Å². The number of benzene rings is 8. The summed E-state index contributed by atoms with van der Waals surface area (Å²) in [5, 5.41) is 2.51. The van der Waals surface area contributed by atoms with Crippen molar-refractivity contribution in [3.63, 3.8) is 0 Å². The topological polar surface area (TPSA) is 8.17 Å². The number of fused-ring (bicyclic) bond motifs is 6. The van der Waals surface area contributed by atoms with Crippen molar-refractivity contribution in [1.29, 1.82) is 0 Å². The fourth-order valence-electron chi connectivity index (χ4n) is 8.81. The molecule has 252 valence electrons. The van der Waals surface area contributed by atoms with Gasteiger partial charge in [0.2, 0.25) is 0 Å². The molecule has 0 amide bonds. The Morgan fingerprint density at radius 3 is 1.87 bits per heavy atom. The summed E-state index contributed by atoms with van der Waals surface area (Å²) in [7, 11) is 0. The van der Waals surface area contributed by atoms with Crippen LogP contribution in [0.2, 0.25) is 0 Å². The molecule has 0 unspecified atom stereocenters. The molecule has 8 aromatic carbocycles. The maximum Gasteiger partial charge on any atom is 0.0547 e. The van der Waals surface area contributed by atoms with E-state index in [1.165, 1.54) is 66.3 Å². The highest BCUT2D eigenvalue weighted by molar-refractivity contribution is 6.16. The number of para-hydroxylation sites is 4. The third-order valence-electron chi connectivity index (χ3n) is 11.2. The second kappa shape index (κ2) is 12.3. The largest absolute Gasteiger partial charge is 0.310 e. The molecule has 53 heavy (non-hydrogen) atoms. The quantitative estimate of drug-likeness (QED) is 0.170. The summed E-state index contributed by atoms with van der Waals surface area (Å²) < 4.78 is 2.39. The molecule has 2 nitrogen and oxygen atoms in total. The van der Waals surface area contributed by atoms with E-state index in [0.29, 0.717) is 0 Å². The maximum absolute atomic E-state index is 2.43. The van der Waals surface area contributed by atoms with Gasteiger partial charge in [0, 0.05) is 38.8 Å². The van der Waals surface area contributed by atoms with E-state index >= 15 is 0 Å². The van der Waals surface area contributed by atoms with Crippen molar-refractivity contribution in [1.82, 2.24) is 4.57 Å². The third kappa shape index (κ3) is 4.87. The normalized spacial score (nSPS) is 12.9. The highest BCUT2D eigenvalue weighted by atomic mass is 15.1. The van der Waals surface area contributed by atoms with Gasteiger partial charge in [-0.1, -0.05) is 153 Å². The molecule has 10 rings (SSSR count). The Morgan fingerprint density at radius 2 is 1.02 bits per heavy atom. The molecule has 9 aromatic rings. The molecule has 0 radical (unpaired) electrons. The van der Waals surface area contributed by atoms with Crippen LogP contribution < -0.4 is 4.90 Å². The van der Waals surface area contributed by atoms with Crippen LogP contribution in [-0.2, 0) is 5.41 Å². The van der Waals surface area contributed by atoms with E-state index in [1.54, 1.807) is 0 Å². The molecule has 1 aliphatic rings. The molecule has 1 aliphatic carbocycles. The van der Waals surface area contributed by atoms with Crippen LogP contribution in [0.25, 0.3) is 60.9 Å². The van der Waals surface area contributed by atoms with Crippen LogP contribution in [0.1, 0.15) is 25.0 Å². The van der Waals surface area contributed by atoms with Crippen LogP contribution in [0, 0.1) is 0 Å². The lowest BCUT2D eigenvalue weighted by atomic mass is 9.82. The van der Waals surface area contributed by atoms with E-state index in [9.17, 15) is 0 Å². The van der Waals surface area contributed by atoms with E-state index in [-0.39, 0.29) is 5.41 Å². The van der Waals surface area contributed by atoms with Gasteiger partial charge in [-0.3, -0.25) is 0 Å². The van der Waals surface area contributed by atoms with E-state index in [0.717, 1.165) is 22.7 Å². The molecule has 0 atom stereocenters. The minimum absolute atomic E-state index is 0.0744. The maximum atomic E-state index is 2.43. The highest BCUT2D eigenvalue weighted by Crippen LogP contribution is 2.54. The van der Waals surface area contributed by atoms with Crippen LogP contribution in [-0.4, -0.2) is 4.57 Å². The average molecular weight is 679 g/mol. The lowest BCUT2D eigenvalue weighted by Crippen LogP contribution is -2.14. The summed E-state index contributed by atoms with van der Waals surface area (Å²) >= 11 is 0. The molecular formula is C51H38N2. The van der Waals surface area contributed by atoms with E-state index in [2.05, 4.69) is 217 Å². The SMILES string of the molecule is CC1(C)c2ccccc2-c2c(-c3ccccc3N(c3ccccc3)c3cccc(-c4cccc5c4c4ccccc4n5-c4ccccc4)c3)cccc21. The summed E-state index contributed by atoms with van der Waals surface area (Å²) in [4.78, 5) is 2.43. The van der Waals surface area contributed by atoms with Gasteiger partial charge in [-0.25, -0.2) is 0 Å². The molecule has 1 aromatic heterocycles. The van der Waals surface area contributed by atoms with Gasteiger partial charge in [-0.15, -0.1) is 0 Å². The summed E-state index contributed by atoms with van der Waals surface area (Å²) in [6, 6.07) is 70.7. The molecule has 0 aliphatic heterocycles. The van der Waals surface area contributed by atoms with Gasteiger partial charge < -0.3 is 9.47 Å². The lowest BCUT2D eigenvalue weighted by molar-refractivity contribution is 0.660. The fraction of sp³-hybridized carbons (Fsp3) is 0.0588. The first-order valence-electron chi connectivity index (χ1n) is 18.5. The van der Waals surface area contributed by atoms with Gasteiger partial charge in [0.25, 0.3) is 0 Å². The predicted molar refractivity (Wildman–Crippen MR) is 224 cm³/mol. The highest BCUT2D eigenvalue weighted by Gasteiger charge is 2.37. The van der Waals surface area contributed by atoms with Gasteiger partial charge in [-0.2, -0.15) is 0 Å². The molecule has 0 spiro atoms. The summed E-state index contributed by atoms with van der Waals surface area (Å²) in [6.07, 6.45) is 0. The minimum Gasteiger partial charge on any atom is -0.310 e. The zero-order chi connectivity index (χ0) is 35.5. The summed E-state index contributed by atoms with van der Waals surface area (Å²) in [5.41, 5.74) is 17.2. The Morgan fingerprint density at radius 1 is 0.434 bits per heavy atom. The molecule has 0 saturated heterocycles. The smallest absolute Gasteiger partial charge is 0.0547 e. The van der Waals surface area contributed by atoms with Gasteiger partial charge in [0.1, 0.15) is 0 Å². The zero-order valence-corrected chi connectivity index (χ0v) is 29.9. The number of nitrogens with zero attached hydrogens (tertiary/aromatic N) is 2. The van der Waals surface area contributed by atoms with Gasteiger partial charge in [0.15, 0.2) is 0 Å². The van der Waals surface area contributed by atoms with Crippen molar-refractivity contribution < 1.29 is 0 Å². The van der Waals surface area contributed by atoms with Crippen LogP contribution in [0.5, 0.6) is 0 Å². The first kappa shape index (κ1) is 31.1. The first-order valence-corrected chi connectivity index (χ1v) is 18.5. The van der Waals surface area contributed by atoms with E-state index in [1.807, 2.05) is 0 Å². The number of anilines is 3. The Labute approximate surface area is 310 Å². The second-order valence-corrected chi connectivity index (χ2v) is 14.5. The molecular weight excluding hydrogens is 641 g/mol. The van der Waals surface area contributed by atoms with Crippen LogP contribution >= 0.6 is 0 Å². The van der Waals surface area contributed by atoms with E-state index < -0.39 is 0 Å². The van der Waals surface area contributed by atoms with Crippen LogP contribution in [0.4, 0.5) is 17.1 Å². The standard InChI is InChI=1S/C51H38N2/c1-51(2)44-29-12-9-25-42(44)49-41(28-16-30-45(49)51)40-24-10-13-31-46(40)52(36-19-5-3-6-20-36)38-23-15-18-35(34-38)39-27-17-33-48-50(39)43-26-11-14-32-47(43)53(48)37-21-7-4-8-22-37/h3-34H,1-2H3. The summed E-state index contributed by atoms with van der Waals surface area (Å²) in [5.74, 6) is 0. The average Bonchev–Trinajstić information content (AvgIpc) is 3.68. The molecule has 0 bridgehead atoms. The molecule has 1 heterocycles. The minimum atomic E-state index is -0.0744. The van der Waals surface area contributed by atoms with Crippen LogP contribution in [0.15, 0.2) is 194 Å². The lowest BCUT2D eigenvalue weighted by Gasteiger charge is -2.29. The number of hydrogen-bond acceptors (Lipinski definition) is 1. The molecule has 0 fully saturated rings. The summed E-state index contributed by atoms with van der Waals surface area (Å²) in [6.45, 7) is 4.71. The number of rotatable bonds is 6. The Bertz CT molecular complexity index is 2810. The third-order valence-corrected chi connectivity index (χ3v) is 11.2. The van der Waals surface area contributed by atoms with Crippen molar-refractivity contribution in [2.75, 3.05) is 4.90 Å². The molecule has 2 heteroatoms. The second-order valence-electron chi connectivity index (χ2n) is 14.5. The van der Waals surface area contributed by atoms with Gasteiger partial charge in [0.05, 0.1) is 16.7 Å².